The maximum atomic E-state index is 11.1. The van der Waals surface area contributed by atoms with E-state index in [2.05, 4.69) is 109 Å². The predicted molar refractivity (Wildman–Crippen MR) is 330 cm³/mol. The van der Waals surface area contributed by atoms with Gasteiger partial charge >= 0.3 is 91.2 Å². The molecule has 0 amide bonds. The van der Waals surface area contributed by atoms with E-state index < -0.39 is 75.5 Å². The Morgan fingerprint density at radius 1 is 0.578 bits per heavy atom. The summed E-state index contributed by atoms with van der Waals surface area (Å²) in [7, 11) is 7.16. The summed E-state index contributed by atoms with van der Waals surface area (Å²) in [6.45, 7) is -0.610. The first kappa shape index (κ1) is 86.9. The van der Waals surface area contributed by atoms with Crippen LogP contribution in [0.15, 0.2) is 0 Å². The molecule has 483 valence electrons. The van der Waals surface area contributed by atoms with E-state index in [1.807, 2.05) is 9.86 Å². The quantitative estimate of drug-likeness (QED) is 0.0366. The molecule has 1 aliphatic heterocycles. The van der Waals surface area contributed by atoms with E-state index in [4.69, 9.17) is 30.9 Å². The van der Waals surface area contributed by atoms with E-state index in [-0.39, 0.29) is 118 Å². The number of Topliss-reactive ketones (excluding diaryl/α,β-unsaturated/α-hetero) is 1. The molecule has 0 aromatic heterocycles. The number of carbonyl (C=O) groups excluding carboxylic acids is 7. The number of ketones is 1. The summed E-state index contributed by atoms with van der Waals surface area (Å²) in [6.07, 6.45) is 7.68. The molecule has 2 spiro atoms. The third kappa shape index (κ3) is 25.6. The summed E-state index contributed by atoms with van der Waals surface area (Å²) in [5, 5.41) is 66.0. The number of alkyl halides is 2. The van der Waals surface area contributed by atoms with Crippen molar-refractivity contribution >= 4 is 133 Å². The molecule has 7 aliphatic carbocycles. The Hall–Kier alpha value is -2.50. The summed E-state index contributed by atoms with van der Waals surface area (Å²) in [5.41, 5.74) is 2.56. The van der Waals surface area contributed by atoms with Crippen LogP contribution >= 0.6 is 85.1 Å². The monoisotopic (exact) mass is 1690 g/mol. The number of halogens is 4. The summed E-state index contributed by atoms with van der Waals surface area (Å²) in [6, 6.07) is -0.529. The van der Waals surface area contributed by atoms with Crippen molar-refractivity contribution in [1.82, 2.24) is 0 Å². The number of aliphatic carboxylic acids is 1. The Kier molecular flexibility index (Phi) is 43.6. The number of methoxy groups -OCH3 is 5. The van der Waals surface area contributed by atoms with E-state index in [1.54, 1.807) is 0 Å². The van der Waals surface area contributed by atoms with Crippen LogP contribution in [0.5, 0.6) is 0 Å². The van der Waals surface area contributed by atoms with Crippen molar-refractivity contribution in [2.24, 2.45) is 52.1 Å². The van der Waals surface area contributed by atoms with Gasteiger partial charge in [-0.25, -0.2) is 0 Å². The zero-order valence-corrected chi connectivity index (χ0v) is 55.5. The molecule has 0 atom stereocenters. The van der Waals surface area contributed by atoms with Gasteiger partial charge in [0.2, 0.25) is 17.1 Å². The molecule has 0 aromatic carbocycles. The number of nitro groups is 3. The van der Waals surface area contributed by atoms with Gasteiger partial charge < -0.3 is 54.6 Å². The van der Waals surface area contributed by atoms with Gasteiger partial charge in [0.1, 0.15) is 19.0 Å². The van der Waals surface area contributed by atoms with Gasteiger partial charge in [0.05, 0.1) is 90.7 Å². The second kappa shape index (κ2) is 41.6. The molecule has 0 unspecified atom stereocenters. The number of nitrogens with two attached hydrogens (primary N) is 1. The van der Waals surface area contributed by atoms with Crippen molar-refractivity contribution in [2.45, 2.75) is 148 Å². The predicted octanol–water partition coefficient (Wildman–Crippen LogP) is 6.13. The fourth-order valence-corrected chi connectivity index (χ4v) is 10.3. The van der Waals surface area contributed by atoms with Gasteiger partial charge in [-0.3, -0.25) is 68.7 Å². The van der Waals surface area contributed by atoms with Gasteiger partial charge in [-0.15, -0.1) is 0 Å². The molecule has 8 rings (SSSR count). The molecule has 28 nitrogen and oxygen atoms in total. The van der Waals surface area contributed by atoms with E-state index in [0.29, 0.717) is 66.8 Å². The third-order valence-corrected chi connectivity index (χ3v) is 15.2. The van der Waals surface area contributed by atoms with Crippen LogP contribution in [0.25, 0.3) is 0 Å². The number of carbonyl (C=O) groups is 8. The zero-order chi connectivity index (χ0) is 62.0. The number of aliphatic hydroxyl groups excluding tert-OH is 3. The van der Waals surface area contributed by atoms with Gasteiger partial charge in [-0.2, -0.15) is 0 Å². The summed E-state index contributed by atoms with van der Waals surface area (Å²) in [5.74, 6) is -3.49. The van der Waals surface area contributed by atoms with Crippen LogP contribution in [0.1, 0.15) is 125 Å². The van der Waals surface area contributed by atoms with E-state index in [1.165, 1.54) is 35.5 Å². The molecule has 33 heteroatoms. The van der Waals surface area contributed by atoms with Gasteiger partial charge in [0.25, 0.3) is 0 Å². The fourth-order valence-electron chi connectivity index (χ4n) is 10.3. The molecule has 1 heterocycles. The van der Waals surface area contributed by atoms with Crippen molar-refractivity contribution in [1.29, 1.82) is 0 Å². The number of cyclic esters (lactones) is 1. The number of hydrogen-bond acceptors (Lipinski definition) is 24. The van der Waals surface area contributed by atoms with Gasteiger partial charge in [-0.05, 0) is 60.2 Å². The van der Waals surface area contributed by atoms with Gasteiger partial charge in [0.15, 0.2) is 0 Å². The van der Waals surface area contributed by atoms with Crippen molar-refractivity contribution < 1.29 is 111 Å². The fraction of sp³-hybridized carbons (Fsp3) is 0.840. The first-order chi connectivity index (χ1) is 37.5. The molecule has 8 aliphatic rings. The maximum absolute atomic E-state index is 11.1. The Bertz CT molecular complexity index is 2050. The molecule has 0 radical (unpaired) electrons. The van der Waals surface area contributed by atoms with Crippen LogP contribution in [0, 0.1) is 76.7 Å². The van der Waals surface area contributed by atoms with Crippen LogP contribution in [-0.4, -0.2) is 177 Å². The van der Waals surface area contributed by atoms with Crippen molar-refractivity contribution in [2.75, 3.05) is 71.8 Å². The summed E-state index contributed by atoms with van der Waals surface area (Å²) < 4.78 is 27.3. The second-order valence-corrected chi connectivity index (χ2v) is 32.3. The van der Waals surface area contributed by atoms with Gasteiger partial charge in [0, 0.05) is 77.1 Å². The molecule has 7 saturated carbocycles. The van der Waals surface area contributed by atoms with Crippen molar-refractivity contribution in [3.63, 3.8) is 0 Å². The molecular formula is C50H86I4N4O24V. The summed E-state index contributed by atoms with van der Waals surface area (Å²) in [4.78, 5) is 120. The van der Waals surface area contributed by atoms with E-state index in [0.717, 1.165) is 32.1 Å². The third-order valence-electron chi connectivity index (χ3n) is 15.2. The average Bonchev–Trinajstić information content (AvgIpc) is 3.98. The van der Waals surface area contributed by atoms with Crippen LogP contribution in [-0.2, 0) is 76.2 Å². The Morgan fingerprint density at radius 2 is 0.904 bits per heavy atom. The number of carboxylic acids is 1. The molecular weight excluding hydrogens is 1600 g/mol. The number of carboxylic acid groups (broad SMARTS) is 1. The van der Waals surface area contributed by atoms with E-state index >= 15 is 0 Å². The minimum absolute atomic E-state index is 0. The number of aliphatic hydroxyl groups is 3. The molecule has 1 saturated heterocycles. The molecule has 6 N–H and O–H groups in total. The first-order valence-corrected chi connectivity index (χ1v) is 37.9. The second-order valence-electron chi connectivity index (χ2n) is 20.5. The Balaban J connectivity index is -0.000000438. The standard InChI is InChI=1S/C9H12O4.C9H12O3.2C7H11NO5.C7H13NO3.C6H9NO4.2CH3I.3CH4.2HI.V/c1-12-8(11)6-2-9(3-6)4-7(10)13-5-9;10-7-1-2-9(5-7)3-6(4-9)8(11)12;2*1-13-6(10)5-2-7(3-5,4-9)8(11)12;1-11-6(10)5-2-7(8,3-5)4-9;1-11-6(8)4-2-5(3-4)7(9)10;2*1-2;;;;;;/h6H,2-5H2,1H3;6H,1-5H2,(H,11,12);2*5,9H,2-4H2,1H3;5,9H,2-4,8H2,1H3;4-5H,2-3H2,1H3;2*1H3;3*1H4;2*1H;/q;;;;;;;;;;;;;+2/p-2. The Morgan fingerprint density at radius 3 is 1.16 bits per heavy atom. The van der Waals surface area contributed by atoms with Crippen LogP contribution in [0.2, 0.25) is 0 Å². The van der Waals surface area contributed by atoms with Crippen LogP contribution < -0.4 is 5.73 Å². The number of hydrogen-bond donors (Lipinski definition) is 5. The van der Waals surface area contributed by atoms with Crippen LogP contribution in [0.3, 0.4) is 0 Å². The van der Waals surface area contributed by atoms with Crippen molar-refractivity contribution in [3.8, 4) is 0 Å². The number of nitrogens with zero attached hydrogens (tertiary/aromatic N) is 3. The minimum atomic E-state index is -1.31. The van der Waals surface area contributed by atoms with Crippen LogP contribution in [0.4, 0.5) is 0 Å². The molecule has 0 aromatic rings. The Labute approximate surface area is 541 Å². The van der Waals surface area contributed by atoms with Crippen molar-refractivity contribution in [3.05, 3.63) is 30.3 Å². The topological polar surface area (TPSA) is 428 Å². The molecule has 83 heavy (non-hydrogen) atoms. The summed E-state index contributed by atoms with van der Waals surface area (Å²) >= 11 is 9.04. The molecule has 0 bridgehead atoms. The normalized spacial score (nSPS) is 30.5. The number of ether oxygens (including phenoxy) is 6. The van der Waals surface area contributed by atoms with Gasteiger partial charge in [-0.1, -0.05) is 67.5 Å². The average molecular weight is 1690 g/mol. The zero-order valence-electron chi connectivity index (χ0n) is 45.5. The SMILES string of the molecule is C.C.C.CI.CI.COC(=O)C1CC(CO)([N+](=O)[O-])C1.COC(=O)C1CC(CO)([N+](=O)[O-])C1.COC(=O)C1CC(N)(CO)C1.COC(=O)C1CC([N+](=O)[O-])C1.COC(=O)C1CC2(COC(=O)C2)C1.O=C1CCC2(C1)CC(C(=O)O)C2.[I][V][I]. The van der Waals surface area contributed by atoms with E-state index in [9.17, 15) is 68.7 Å². The number of rotatable bonds is 12. The first-order valence-electron chi connectivity index (χ1n) is 24.6. The molecule has 8 fully saturated rings. The number of esters is 6.